The van der Waals surface area contributed by atoms with Crippen LogP contribution in [0.25, 0.3) is 0 Å². The molecule has 1 atom stereocenters. The number of carbonyl (C=O) groups is 2. The highest BCUT2D eigenvalue weighted by Gasteiger charge is 2.35. The summed E-state index contributed by atoms with van der Waals surface area (Å²) in [6.45, 7) is 0.405. The molecule has 29 heavy (non-hydrogen) atoms. The van der Waals surface area contributed by atoms with Crippen LogP contribution in [0.1, 0.15) is 28.6 Å². The molecular formula is C20H17ClN4O4. The topological polar surface area (TPSA) is 97.6 Å². The minimum atomic E-state index is -0.428. The van der Waals surface area contributed by atoms with Crippen LogP contribution in [-0.2, 0) is 4.79 Å². The van der Waals surface area contributed by atoms with E-state index in [0.717, 1.165) is 5.69 Å². The first-order chi connectivity index (χ1) is 14.0. The second-order valence-corrected chi connectivity index (χ2v) is 6.92. The van der Waals surface area contributed by atoms with Gasteiger partial charge in [0.15, 0.2) is 0 Å². The van der Waals surface area contributed by atoms with Crippen molar-refractivity contribution in [1.82, 2.24) is 10.2 Å². The van der Waals surface area contributed by atoms with E-state index in [4.69, 9.17) is 20.8 Å². The highest BCUT2D eigenvalue weighted by molar-refractivity contribution is 6.30. The van der Waals surface area contributed by atoms with Crippen LogP contribution in [0, 0.1) is 0 Å². The summed E-state index contributed by atoms with van der Waals surface area (Å²) in [7, 11) is 1.49. The largest absolute Gasteiger partial charge is 0.496 e. The summed E-state index contributed by atoms with van der Waals surface area (Å²) in [5.74, 6) is -0.00413. The van der Waals surface area contributed by atoms with Crippen molar-refractivity contribution in [1.29, 1.82) is 0 Å². The highest BCUT2D eigenvalue weighted by Crippen LogP contribution is 2.32. The van der Waals surface area contributed by atoms with Gasteiger partial charge in [-0.25, -0.2) is 0 Å². The van der Waals surface area contributed by atoms with E-state index < -0.39 is 5.91 Å². The normalized spacial score (nSPS) is 16.1. The summed E-state index contributed by atoms with van der Waals surface area (Å²) in [5.41, 5.74) is 1.10. The lowest BCUT2D eigenvalue weighted by molar-refractivity contribution is -0.117. The number of para-hydroxylation sites is 1. The predicted octanol–water partition coefficient (Wildman–Crippen LogP) is 3.50. The molecule has 1 N–H and O–H groups in total. The maximum absolute atomic E-state index is 12.4. The van der Waals surface area contributed by atoms with Crippen LogP contribution in [0.4, 0.5) is 11.7 Å². The molecule has 0 spiro atoms. The summed E-state index contributed by atoms with van der Waals surface area (Å²) in [6, 6.07) is 13.8. The van der Waals surface area contributed by atoms with E-state index in [2.05, 4.69) is 15.5 Å². The van der Waals surface area contributed by atoms with Gasteiger partial charge in [-0.05, 0) is 36.4 Å². The van der Waals surface area contributed by atoms with Gasteiger partial charge >= 0.3 is 6.01 Å². The zero-order valence-corrected chi connectivity index (χ0v) is 16.2. The summed E-state index contributed by atoms with van der Waals surface area (Å²) in [5, 5.41) is 11.0. The Hall–Kier alpha value is -3.39. The van der Waals surface area contributed by atoms with Crippen molar-refractivity contribution in [3.63, 3.8) is 0 Å². The van der Waals surface area contributed by atoms with Gasteiger partial charge in [-0.15, -0.1) is 5.10 Å². The third-order valence-electron chi connectivity index (χ3n) is 4.63. The number of ether oxygens (including phenoxy) is 1. The van der Waals surface area contributed by atoms with Gasteiger partial charge in [0.1, 0.15) is 5.75 Å². The number of amides is 2. The molecule has 1 aromatic heterocycles. The molecule has 9 heteroatoms. The molecule has 148 valence electrons. The molecule has 2 aromatic carbocycles. The van der Waals surface area contributed by atoms with Gasteiger partial charge in [-0.2, -0.15) is 0 Å². The predicted molar refractivity (Wildman–Crippen MR) is 106 cm³/mol. The van der Waals surface area contributed by atoms with E-state index >= 15 is 0 Å². The van der Waals surface area contributed by atoms with Crippen molar-refractivity contribution in [3.05, 3.63) is 65.0 Å². The number of halogens is 1. The maximum Gasteiger partial charge on any atom is 0.322 e. The number of rotatable bonds is 5. The summed E-state index contributed by atoms with van der Waals surface area (Å²) < 4.78 is 10.8. The van der Waals surface area contributed by atoms with Crippen molar-refractivity contribution in [2.24, 2.45) is 0 Å². The molecule has 0 bridgehead atoms. The molecule has 0 saturated carbocycles. The maximum atomic E-state index is 12.4. The zero-order chi connectivity index (χ0) is 20.4. The molecule has 8 nitrogen and oxygen atoms in total. The van der Waals surface area contributed by atoms with Gasteiger partial charge in [-0.3, -0.25) is 14.9 Å². The Morgan fingerprint density at radius 2 is 1.97 bits per heavy atom. The van der Waals surface area contributed by atoms with Gasteiger partial charge in [0.05, 0.1) is 18.6 Å². The van der Waals surface area contributed by atoms with Crippen LogP contribution in [-0.4, -0.2) is 35.7 Å². The number of hydrogen-bond donors (Lipinski definition) is 1. The highest BCUT2D eigenvalue weighted by atomic mass is 35.5. The summed E-state index contributed by atoms with van der Waals surface area (Å²) >= 11 is 5.91. The fraction of sp³-hybridized carbons (Fsp3) is 0.200. The van der Waals surface area contributed by atoms with E-state index in [-0.39, 0.29) is 24.3 Å². The second kappa shape index (κ2) is 7.92. The fourth-order valence-electron chi connectivity index (χ4n) is 3.19. The van der Waals surface area contributed by atoms with Crippen LogP contribution in [0.5, 0.6) is 5.75 Å². The van der Waals surface area contributed by atoms with E-state index in [9.17, 15) is 9.59 Å². The molecule has 1 aliphatic rings. The number of aromatic nitrogens is 2. The number of nitrogens with zero attached hydrogens (tertiary/aromatic N) is 3. The fourth-order valence-corrected chi connectivity index (χ4v) is 3.32. The van der Waals surface area contributed by atoms with E-state index in [1.165, 1.54) is 7.11 Å². The van der Waals surface area contributed by atoms with Gasteiger partial charge in [-0.1, -0.05) is 28.8 Å². The molecular weight excluding hydrogens is 396 g/mol. The van der Waals surface area contributed by atoms with Crippen LogP contribution in [0.2, 0.25) is 5.02 Å². The van der Waals surface area contributed by atoms with Crippen molar-refractivity contribution in [2.45, 2.75) is 12.3 Å². The number of hydrogen-bond acceptors (Lipinski definition) is 6. The van der Waals surface area contributed by atoms with Crippen LogP contribution in [0.3, 0.4) is 0 Å². The van der Waals surface area contributed by atoms with Crippen molar-refractivity contribution >= 4 is 35.1 Å². The smallest absolute Gasteiger partial charge is 0.322 e. The van der Waals surface area contributed by atoms with Crippen LogP contribution >= 0.6 is 11.6 Å². The minimum absolute atomic E-state index is 0.0340. The number of nitrogens with one attached hydrogen (secondary N) is 1. The number of carbonyl (C=O) groups excluding carboxylic acids is 2. The first kappa shape index (κ1) is 18.9. The average Bonchev–Trinajstić information content (AvgIpc) is 3.35. The Kier molecular flexibility index (Phi) is 5.18. The Balaban J connectivity index is 1.46. The van der Waals surface area contributed by atoms with Crippen molar-refractivity contribution in [2.75, 3.05) is 23.9 Å². The Morgan fingerprint density at radius 3 is 2.72 bits per heavy atom. The van der Waals surface area contributed by atoms with Crippen LogP contribution < -0.4 is 15.0 Å². The standard InChI is InChI=1S/C20H17ClN4O4/c1-28-16-5-3-2-4-15(16)18(27)22-20-24-23-19(29-20)12-10-17(26)25(11-12)14-8-6-13(21)7-9-14/h2-9,12H,10-11H2,1H3,(H,22,24,27)/t12-/m1/s1. The molecule has 4 rings (SSSR count). The molecule has 1 aliphatic heterocycles. The molecule has 0 radical (unpaired) electrons. The van der Waals surface area contributed by atoms with Gasteiger partial charge < -0.3 is 14.1 Å². The molecule has 2 heterocycles. The Morgan fingerprint density at radius 1 is 1.21 bits per heavy atom. The molecule has 0 unspecified atom stereocenters. The van der Waals surface area contributed by atoms with Gasteiger partial charge in [0, 0.05) is 23.7 Å². The average molecular weight is 413 g/mol. The summed E-state index contributed by atoms with van der Waals surface area (Å²) in [4.78, 5) is 26.5. The van der Waals surface area contributed by atoms with Crippen molar-refractivity contribution < 1.29 is 18.7 Å². The third kappa shape index (κ3) is 3.93. The van der Waals surface area contributed by atoms with Crippen molar-refractivity contribution in [3.8, 4) is 5.75 Å². The lowest BCUT2D eigenvalue weighted by Gasteiger charge is -2.16. The lowest BCUT2D eigenvalue weighted by atomic mass is 10.1. The molecule has 1 fully saturated rings. The molecule has 0 aliphatic carbocycles. The first-order valence-corrected chi connectivity index (χ1v) is 9.26. The minimum Gasteiger partial charge on any atom is -0.496 e. The van der Waals surface area contributed by atoms with Crippen LogP contribution in [0.15, 0.2) is 52.9 Å². The monoisotopic (exact) mass is 412 g/mol. The second-order valence-electron chi connectivity index (χ2n) is 6.48. The van der Waals surface area contributed by atoms with E-state index in [0.29, 0.717) is 28.8 Å². The molecule has 3 aromatic rings. The van der Waals surface area contributed by atoms with E-state index in [1.807, 2.05) is 0 Å². The zero-order valence-electron chi connectivity index (χ0n) is 15.5. The molecule has 2 amide bonds. The Labute approximate surface area is 171 Å². The number of benzene rings is 2. The molecule has 1 saturated heterocycles. The number of anilines is 2. The van der Waals surface area contributed by atoms with Gasteiger partial charge in [0.25, 0.3) is 5.91 Å². The SMILES string of the molecule is COc1ccccc1C(=O)Nc1nnc([C@@H]2CC(=O)N(c3ccc(Cl)cc3)C2)o1. The van der Waals surface area contributed by atoms with E-state index in [1.54, 1.807) is 53.4 Å². The van der Waals surface area contributed by atoms with Gasteiger partial charge in [0.2, 0.25) is 11.8 Å². The Bertz CT molecular complexity index is 1050. The quantitative estimate of drug-likeness (QED) is 0.688. The first-order valence-electron chi connectivity index (χ1n) is 8.89. The lowest BCUT2D eigenvalue weighted by Crippen LogP contribution is -2.24. The third-order valence-corrected chi connectivity index (χ3v) is 4.88. The number of methoxy groups -OCH3 is 1. The summed E-state index contributed by atoms with van der Waals surface area (Å²) in [6.07, 6.45) is 0.241.